The quantitative estimate of drug-likeness (QED) is 0.756. The van der Waals surface area contributed by atoms with Gasteiger partial charge in [0.2, 0.25) is 0 Å². The Morgan fingerprint density at radius 2 is 2.04 bits per heavy atom. The van der Waals surface area contributed by atoms with Gasteiger partial charge in [-0.05, 0) is 71.5 Å². The van der Waals surface area contributed by atoms with Gasteiger partial charge in [0, 0.05) is 38.3 Å². The van der Waals surface area contributed by atoms with Gasteiger partial charge < -0.3 is 15.1 Å². The van der Waals surface area contributed by atoms with Gasteiger partial charge in [-0.15, -0.1) is 0 Å². The maximum atomic E-state index is 12.4. The van der Waals surface area contributed by atoms with Crippen molar-refractivity contribution in [3.63, 3.8) is 0 Å². The molecule has 1 N–H and O–H groups in total. The van der Waals surface area contributed by atoms with Crippen LogP contribution in [0, 0.1) is 11.8 Å². The maximum absolute atomic E-state index is 12.4. The molecule has 3 atom stereocenters. The summed E-state index contributed by atoms with van der Waals surface area (Å²) < 4.78 is 0. The standard InChI is InChI=1S/C19H36N4O/c1-15(2)21(3)10-7-5-9-20-19(24)23-13-16-12-22-11-6-4-8-18(22)17(16)14-23/h15-18H,4-14H2,1-3H3,(H,20,24)/t16-,17+,18+/m0/s1. The molecule has 3 aliphatic heterocycles. The van der Waals surface area contributed by atoms with Gasteiger partial charge in [0.1, 0.15) is 0 Å². The van der Waals surface area contributed by atoms with Crippen molar-refractivity contribution < 1.29 is 4.79 Å². The number of likely N-dealkylation sites (tertiary alicyclic amines) is 1. The second kappa shape index (κ2) is 8.05. The Morgan fingerprint density at radius 1 is 1.21 bits per heavy atom. The maximum Gasteiger partial charge on any atom is 0.317 e. The number of hydrogen-bond acceptors (Lipinski definition) is 3. The average Bonchev–Trinajstić information content (AvgIpc) is 3.11. The van der Waals surface area contributed by atoms with Crippen LogP contribution in [0.25, 0.3) is 0 Å². The second-order valence-electron chi connectivity index (χ2n) is 8.40. The highest BCUT2D eigenvalue weighted by Gasteiger charge is 2.48. The molecule has 2 amide bonds. The first kappa shape index (κ1) is 18.0. The third-order valence-electron chi connectivity index (χ3n) is 6.50. The number of rotatable bonds is 6. The van der Waals surface area contributed by atoms with E-state index in [-0.39, 0.29) is 6.03 Å². The molecule has 0 aromatic heterocycles. The van der Waals surface area contributed by atoms with E-state index < -0.39 is 0 Å². The van der Waals surface area contributed by atoms with Crippen molar-refractivity contribution in [1.82, 2.24) is 20.0 Å². The summed E-state index contributed by atoms with van der Waals surface area (Å²) in [6, 6.07) is 1.53. The minimum atomic E-state index is 0.170. The molecular weight excluding hydrogens is 300 g/mol. The summed E-state index contributed by atoms with van der Waals surface area (Å²) in [5.41, 5.74) is 0. The zero-order valence-electron chi connectivity index (χ0n) is 15.8. The van der Waals surface area contributed by atoms with Gasteiger partial charge in [0.05, 0.1) is 0 Å². The average molecular weight is 337 g/mol. The summed E-state index contributed by atoms with van der Waals surface area (Å²) >= 11 is 0. The number of nitrogens with zero attached hydrogens (tertiary/aromatic N) is 3. The van der Waals surface area contributed by atoms with E-state index in [1.54, 1.807) is 0 Å². The lowest BCUT2D eigenvalue weighted by molar-refractivity contribution is 0.154. The van der Waals surface area contributed by atoms with Crippen molar-refractivity contribution in [2.24, 2.45) is 11.8 Å². The molecule has 0 radical (unpaired) electrons. The predicted molar refractivity (Wildman–Crippen MR) is 98.2 cm³/mol. The van der Waals surface area contributed by atoms with E-state index in [1.165, 1.54) is 32.4 Å². The normalized spacial score (nSPS) is 30.0. The van der Waals surface area contributed by atoms with Crippen molar-refractivity contribution in [1.29, 1.82) is 0 Å². The molecular formula is C19H36N4O. The van der Waals surface area contributed by atoms with Crippen LogP contribution in [0.1, 0.15) is 46.0 Å². The van der Waals surface area contributed by atoms with E-state index in [4.69, 9.17) is 0 Å². The summed E-state index contributed by atoms with van der Waals surface area (Å²) in [7, 11) is 2.17. The van der Waals surface area contributed by atoms with E-state index in [1.807, 2.05) is 0 Å². The SMILES string of the molecule is CC(C)N(C)CCCCNC(=O)N1C[C@@H]2CN3CCCC[C@@H]3[C@@H]2C1. The van der Waals surface area contributed by atoms with Crippen LogP contribution in [0.15, 0.2) is 0 Å². The molecule has 0 unspecified atom stereocenters. The number of amides is 2. The Labute approximate surface area is 147 Å². The fourth-order valence-electron chi connectivity index (χ4n) is 4.77. The van der Waals surface area contributed by atoms with E-state index >= 15 is 0 Å². The van der Waals surface area contributed by atoms with Crippen molar-refractivity contribution >= 4 is 6.03 Å². The van der Waals surface area contributed by atoms with Crippen molar-refractivity contribution in [3.8, 4) is 0 Å². The molecule has 0 aromatic rings. The molecule has 0 aliphatic carbocycles. The third-order valence-corrected chi connectivity index (χ3v) is 6.50. The van der Waals surface area contributed by atoms with Crippen molar-refractivity contribution in [2.75, 3.05) is 46.3 Å². The van der Waals surface area contributed by atoms with Crippen LogP contribution in [0.2, 0.25) is 0 Å². The molecule has 0 spiro atoms. The minimum absolute atomic E-state index is 0.170. The van der Waals surface area contributed by atoms with Crippen LogP contribution < -0.4 is 5.32 Å². The summed E-state index contributed by atoms with van der Waals surface area (Å²) in [6.45, 7) is 10.8. The number of nitrogens with one attached hydrogen (secondary N) is 1. The number of hydrogen-bond donors (Lipinski definition) is 1. The molecule has 5 nitrogen and oxygen atoms in total. The topological polar surface area (TPSA) is 38.8 Å². The van der Waals surface area contributed by atoms with E-state index in [0.717, 1.165) is 56.9 Å². The first-order chi connectivity index (χ1) is 11.6. The van der Waals surface area contributed by atoms with Gasteiger partial charge in [-0.1, -0.05) is 6.42 Å². The number of urea groups is 1. The highest BCUT2D eigenvalue weighted by atomic mass is 16.2. The fourth-order valence-corrected chi connectivity index (χ4v) is 4.77. The zero-order valence-corrected chi connectivity index (χ0v) is 15.8. The van der Waals surface area contributed by atoms with Crippen LogP contribution >= 0.6 is 0 Å². The number of unbranched alkanes of at least 4 members (excludes halogenated alkanes) is 1. The summed E-state index contributed by atoms with van der Waals surface area (Å²) in [5.74, 6) is 1.45. The Kier molecular flexibility index (Phi) is 6.03. The molecule has 5 heteroatoms. The summed E-state index contributed by atoms with van der Waals surface area (Å²) in [5, 5.41) is 3.14. The number of carbonyl (C=O) groups is 1. The number of carbonyl (C=O) groups excluding carboxylic acids is 1. The summed E-state index contributed by atoms with van der Waals surface area (Å²) in [6.07, 6.45) is 6.31. The molecule has 24 heavy (non-hydrogen) atoms. The number of fused-ring (bicyclic) bond motifs is 3. The van der Waals surface area contributed by atoms with Gasteiger partial charge in [0.15, 0.2) is 0 Å². The van der Waals surface area contributed by atoms with Crippen LogP contribution in [-0.4, -0.2) is 79.1 Å². The monoisotopic (exact) mass is 336 g/mol. The highest BCUT2D eigenvalue weighted by molar-refractivity contribution is 5.74. The van der Waals surface area contributed by atoms with Crippen molar-refractivity contribution in [2.45, 2.75) is 58.0 Å². The Morgan fingerprint density at radius 3 is 2.83 bits per heavy atom. The molecule has 3 heterocycles. The summed E-state index contributed by atoms with van der Waals surface area (Å²) in [4.78, 5) is 19.6. The Hall–Kier alpha value is -0.810. The minimum Gasteiger partial charge on any atom is -0.338 e. The Bertz CT molecular complexity index is 428. The smallest absolute Gasteiger partial charge is 0.317 e. The largest absolute Gasteiger partial charge is 0.338 e. The van der Waals surface area contributed by atoms with Gasteiger partial charge >= 0.3 is 6.03 Å². The molecule has 0 bridgehead atoms. The lowest BCUT2D eigenvalue weighted by Gasteiger charge is -2.33. The fraction of sp³-hybridized carbons (Fsp3) is 0.947. The third kappa shape index (κ3) is 4.05. The molecule has 0 saturated carbocycles. The van der Waals surface area contributed by atoms with Gasteiger partial charge in [-0.2, -0.15) is 0 Å². The molecule has 3 rings (SSSR count). The lowest BCUT2D eigenvalue weighted by atomic mass is 9.90. The zero-order chi connectivity index (χ0) is 17.1. The second-order valence-corrected chi connectivity index (χ2v) is 8.40. The van der Waals surface area contributed by atoms with Crippen LogP contribution in [0.5, 0.6) is 0 Å². The first-order valence-electron chi connectivity index (χ1n) is 10.0. The van der Waals surface area contributed by atoms with E-state index in [9.17, 15) is 4.79 Å². The molecule has 138 valence electrons. The molecule has 3 saturated heterocycles. The van der Waals surface area contributed by atoms with Gasteiger partial charge in [-0.3, -0.25) is 4.90 Å². The van der Waals surface area contributed by atoms with Crippen molar-refractivity contribution in [3.05, 3.63) is 0 Å². The van der Waals surface area contributed by atoms with Gasteiger partial charge in [-0.25, -0.2) is 4.79 Å². The molecule has 3 aliphatic rings. The number of piperidine rings is 1. The van der Waals surface area contributed by atoms with E-state index in [0.29, 0.717) is 6.04 Å². The highest BCUT2D eigenvalue weighted by Crippen LogP contribution is 2.40. The predicted octanol–water partition coefficient (Wildman–Crippen LogP) is 2.23. The van der Waals surface area contributed by atoms with Crippen LogP contribution in [0.3, 0.4) is 0 Å². The molecule has 0 aromatic carbocycles. The molecule has 3 fully saturated rings. The van der Waals surface area contributed by atoms with E-state index in [2.05, 4.69) is 40.9 Å². The van der Waals surface area contributed by atoms with Crippen LogP contribution in [0.4, 0.5) is 4.79 Å². The van der Waals surface area contributed by atoms with Gasteiger partial charge in [0.25, 0.3) is 0 Å². The Balaban J connectivity index is 1.34. The van der Waals surface area contributed by atoms with Crippen LogP contribution in [-0.2, 0) is 0 Å². The first-order valence-corrected chi connectivity index (χ1v) is 10.0. The lowest BCUT2D eigenvalue weighted by Crippen LogP contribution is -2.43.